The molecule has 1 fully saturated rings. The highest BCUT2D eigenvalue weighted by Gasteiger charge is 2.38. The van der Waals surface area contributed by atoms with Gasteiger partial charge in [0.25, 0.3) is 0 Å². The molecule has 0 radical (unpaired) electrons. The van der Waals surface area contributed by atoms with Crippen LogP contribution in [0.2, 0.25) is 10.0 Å². The minimum Gasteiger partial charge on any atom is -0.349 e. The molecule has 1 N–H and O–H groups in total. The first kappa shape index (κ1) is 19.2. The van der Waals surface area contributed by atoms with Gasteiger partial charge in [0, 0.05) is 11.0 Å². The first-order chi connectivity index (χ1) is 12.4. The third kappa shape index (κ3) is 3.90. The van der Waals surface area contributed by atoms with Crippen molar-refractivity contribution < 1.29 is 9.59 Å². The predicted molar refractivity (Wildman–Crippen MR) is 108 cm³/mol. The van der Waals surface area contributed by atoms with E-state index in [9.17, 15) is 9.59 Å². The number of halogens is 3. The van der Waals surface area contributed by atoms with E-state index in [0.717, 1.165) is 15.7 Å². The van der Waals surface area contributed by atoms with Crippen LogP contribution in [0.5, 0.6) is 0 Å². The number of benzene rings is 2. The highest BCUT2D eigenvalue weighted by molar-refractivity contribution is 9.10. The molecular weight excluding hydrogens is 439 g/mol. The molecule has 0 bridgehead atoms. The number of carbonyl (C=O) groups excluding carboxylic acids is 2. The van der Waals surface area contributed by atoms with Crippen LogP contribution in [-0.2, 0) is 9.59 Å². The van der Waals surface area contributed by atoms with E-state index in [2.05, 4.69) is 21.2 Å². The number of rotatable bonds is 4. The van der Waals surface area contributed by atoms with Gasteiger partial charge in [-0.25, -0.2) is 0 Å². The van der Waals surface area contributed by atoms with Crippen LogP contribution in [0.4, 0.5) is 5.69 Å². The van der Waals surface area contributed by atoms with Gasteiger partial charge in [-0.1, -0.05) is 41.4 Å². The van der Waals surface area contributed by atoms with Crippen molar-refractivity contribution in [3.8, 4) is 0 Å². The van der Waals surface area contributed by atoms with Crippen molar-refractivity contribution in [3.63, 3.8) is 0 Å². The van der Waals surface area contributed by atoms with Crippen molar-refractivity contribution in [2.75, 3.05) is 11.4 Å². The number of carbonyl (C=O) groups is 2. The van der Waals surface area contributed by atoms with Crippen LogP contribution in [0, 0.1) is 5.92 Å². The fourth-order valence-electron chi connectivity index (χ4n) is 3.01. The fourth-order valence-corrected chi connectivity index (χ4v) is 3.82. The second-order valence-corrected chi connectivity index (χ2v) is 7.86. The number of hydrogen-bond acceptors (Lipinski definition) is 2. The number of nitrogens with one attached hydrogen (secondary N) is 1. The molecule has 4 nitrogen and oxygen atoms in total. The molecule has 1 saturated heterocycles. The Balaban J connectivity index is 1.69. The molecule has 1 aliphatic heterocycles. The normalized spacial score (nSPS) is 18.1. The molecule has 0 aliphatic carbocycles. The molecule has 2 atom stereocenters. The quantitative estimate of drug-likeness (QED) is 0.660. The monoisotopic (exact) mass is 454 g/mol. The lowest BCUT2D eigenvalue weighted by molar-refractivity contribution is -0.132. The second-order valence-electron chi connectivity index (χ2n) is 6.19. The third-order valence-corrected chi connectivity index (χ3v) is 5.88. The number of amides is 2. The molecule has 1 aliphatic rings. The molecular formula is C19H17BrCl2N2O2. The zero-order chi connectivity index (χ0) is 18.8. The summed E-state index contributed by atoms with van der Waals surface area (Å²) in [5.74, 6) is -1.15. The van der Waals surface area contributed by atoms with Gasteiger partial charge in [-0.2, -0.15) is 0 Å². The smallest absolute Gasteiger partial charge is 0.239 e. The molecule has 2 amide bonds. The van der Waals surface area contributed by atoms with Gasteiger partial charge < -0.3 is 10.2 Å². The van der Waals surface area contributed by atoms with Crippen LogP contribution >= 0.6 is 39.1 Å². The Morgan fingerprint density at radius 2 is 1.96 bits per heavy atom. The number of anilines is 1. The van der Waals surface area contributed by atoms with Gasteiger partial charge in [0.2, 0.25) is 11.8 Å². The van der Waals surface area contributed by atoms with Crippen LogP contribution < -0.4 is 10.2 Å². The maximum Gasteiger partial charge on any atom is 0.239 e. The number of hydrogen-bond donors (Lipinski definition) is 1. The van der Waals surface area contributed by atoms with Gasteiger partial charge in [-0.3, -0.25) is 9.59 Å². The number of para-hydroxylation sites is 1. The average Bonchev–Trinajstić information content (AvgIpc) is 2.99. The Bertz CT molecular complexity index is 859. The SMILES string of the molecule is CC(NC(=O)C1CCN(c2ccccc2Br)C1=O)c1ccc(Cl)c(Cl)c1. The Hall–Kier alpha value is -1.56. The van der Waals surface area contributed by atoms with Gasteiger partial charge in [0.1, 0.15) is 5.92 Å². The fraction of sp³-hybridized carbons (Fsp3) is 0.263. The van der Waals surface area contributed by atoms with Crippen LogP contribution in [-0.4, -0.2) is 18.4 Å². The zero-order valence-corrected chi connectivity index (χ0v) is 17.1. The third-order valence-electron chi connectivity index (χ3n) is 4.47. The molecule has 2 aromatic rings. The molecule has 0 aromatic heterocycles. The van der Waals surface area contributed by atoms with E-state index in [0.29, 0.717) is 23.0 Å². The Kier molecular flexibility index (Phi) is 5.90. The van der Waals surface area contributed by atoms with Crippen LogP contribution in [0.25, 0.3) is 0 Å². The van der Waals surface area contributed by atoms with Crippen molar-refractivity contribution in [3.05, 3.63) is 62.5 Å². The van der Waals surface area contributed by atoms with E-state index in [1.54, 1.807) is 17.0 Å². The number of nitrogens with zero attached hydrogens (tertiary/aromatic N) is 1. The minimum atomic E-state index is -0.688. The summed E-state index contributed by atoms with van der Waals surface area (Å²) in [5.41, 5.74) is 1.62. The van der Waals surface area contributed by atoms with Crippen molar-refractivity contribution in [1.29, 1.82) is 0 Å². The lowest BCUT2D eigenvalue weighted by Gasteiger charge is -2.20. The van der Waals surface area contributed by atoms with E-state index in [-0.39, 0.29) is 17.9 Å². The Morgan fingerprint density at radius 3 is 2.65 bits per heavy atom. The largest absolute Gasteiger partial charge is 0.349 e. The van der Waals surface area contributed by atoms with Crippen LogP contribution in [0.15, 0.2) is 46.9 Å². The first-order valence-electron chi connectivity index (χ1n) is 8.19. The molecule has 0 spiro atoms. The molecule has 136 valence electrons. The van der Waals surface area contributed by atoms with Crippen molar-refractivity contribution >= 4 is 56.6 Å². The highest BCUT2D eigenvalue weighted by Crippen LogP contribution is 2.32. The van der Waals surface area contributed by atoms with Crippen LogP contribution in [0.3, 0.4) is 0 Å². The standard InChI is InChI=1S/C19H17BrCl2N2O2/c1-11(12-6-7-15(21)16(22)10-12)23-18(25)13-8-9-24(19(13)26)17-5-3-2-4-14(17)20/h2-7,10-11,13H,8-9H2,1H3,(H,23,25). The van der Waals surface area contributed by atoms with Gasteiger partial charge in [-0.05, 0) is 59.1 Å². The summed E-state index contributed by atoms with van der Waals surface area (Å²) in [6, 6.07) is 12.4. The topological polar surface area (TPSA) is 49.4 Å². The lowest BCUT2D eigenvalue weighted by atomic mass is 10.0. The molecule has 2 aromatic carbocycles. The lowest BCUT2D eigenvalue weighted by Crippen LogP contribution is -2.38. The summed E-state index contributed by atoms with van der Waals surface area (Å²) >= 11 is 15.4. The van der Waals surface area contributed by atoms with E-state index >= 15 is 0 Å². The summed E-state index contributed by atoms with van der Waals surface area (Å²) in [4.78, 5) is 27.0. The van der Waals surface area contributed by atoms with Crippen molar-refractivity contribution in [1.82, 2.24) is 5.32 Å². The van der Waals surface area contributed by atoms with Crippen molar-refractivity contribution in [2.24, 2.45) is 5.92 Å². The molecule has 3 rings (SSSR count). The van der Waals surface area contributed by atoms with E-state index < -0.39 is 5.92 Å². The van der Waals surface area contributed by atoms with E-state index in [1.807, 2.05) is 37.3 Å². The highest BCUT2D eigenvalue weighted by atomic mass is 79.9. The predicted octanol–water partition coefficient (Wildman–Crippen LogP) is 4.99. The first-order valence-corrected chi connectivity index (χ1v) is 9.74. The average molecular weight is 456 g/mol. The molecule has 7 heteroatoms. The van der Waals surface area contributed by atoms with E-state index in [4.69, 9.17) is 23.2 Å². The summed E-state index contributed by atoms with van der Waals surface area (Å²) in [7, 11) is 0. The van der Waals surface area contributed by atoms with Crippen molar-refractivity contribution in [2.45, 2.75) is 19.4 Å². The molecule has 1 heterocycles. The summed E-state index contributed by atoms with van der Waals surface area (Å²) in [6.45, 7) is 2.36. The Morgan fingerprint density at radius 1 is 1.23 bits per heavy atom. The van der Waals surface area contributed by atoms with Gasteiger partial charge in [-0.15, -0.1) is 0 Å². The van der Waals surface area contributed by atoms with Crippen LogP contribution in [0.1, 0.15) is 24.9 Å². The Labute approximate surface area is 170 Å². The summed E-state index contributed by atoms with van der Waals surface area (Å²) in [5, 5.41) is 3.80. The van der Waals surface area contributed by atoms with Gasteiger partial charge in [0.15, 0.2) is 0 Å². The van der Waals surface area contributed by atoms with E-state index in [1.165, 1.54) is 0 Å². The molecule has 26 heavy (non-hydrogen) atoms. The van der Waals surface area contributed by atoms with Gasteiger partial charge in [0.05, 0.1) is 21.8 Å². The summed E-state index contributed by atoms with van der Waals surface area (Å²) in [6.07, 6.45) is 0.486. The maximum absolute atomic E-state index is 12.7. The minimum absolute atomic E-state index is 0.185. The van der Waals surface area contributed by atoms with Gasteiger partial charge >= 0.3 is 0 Å². The summed E-state index contributed by atoms with van der Waals surface area (Å²) < 4.78 is 0.832. The zero-order valence-electron chi connectivity index (χ0n) is 14.0. The second kappa shape index (κ2) is 7.99. The molecule has 2 unspecified atom stereocenters. The maximum atomic E-state index is 12.7. The molecule has 0 saturated carbocycles.